The van der Waals surface area contributed by atoms with Crippen LogP contribution in [0, 0.1) is 0 Å². The SMILES string of the molecule is CS(=O)[O-].[H-].[K+]. The van der Waals surface area contributed by atoms with Crippen molar-refractivity contribution in [2.75, 3.05) is 6.26 Å². The average Bonchev–Trinajstić information content (AvgIpc) is 0.811. The molecule has 0 rings (SSSR count). The Hall–Kier alpha value is 1.75. The summed E-state index contributed by atoms with van der Waals surface area (Å²) in [6.07, 6.45) is 1.08. The summed E-state index contributed by atoms with van der Waals surface area (Å²) in [5.74, 6) is 0. The maximum atomic E-state index is 9.00. The van der Waals surface area contributed by atoms with Crippen LogP contribution in [0.3, 0.4) is 0 Å². The molecule has 0 N–H and O–H groups in total. The molecule has 0 aromatic rings. The zero-order valence-electron chi connectivity index (χ0n) is 4.22. The average molecular weight is 119 g/mol. The van der Waals surface area contributed by atoms with Gasteiger partial charge in [-0.1, -0.05) is 11.1 Å². The largest absolute Gasteiger partial charge is 1.00 e. The van der Waals surface area contributed by atoms with Crippen molar-refractivity contribution < 1.29 is 61.6 Å². The maximum Gasteiger partial charge on any atom is 1.00 e. The van der Waals surface area contributed by atoms with Gasteiger partial charge in [0.2, 0.25) is 0 Å². The van der Waals surface area contributed by atoms with E-state index in [9.17, 15) is 0 Å². The molecule has 1 atom stereocenters. The second-order valence-electron chi connectivity index (χ2n) is 0.401. The molecular weight excluding hydrogens is 115 g/mol. The first-order valence-corrected chi connectivity index (χ1v) is 2.22. The minimum Gasteiger partial charge on any atom is -1.00 e. The Morgan fingerprint density at radius 1 is 2.00 bits per heavy atom. The minimum absolute atomic E-state index is 0. The van der Waals surface area contributed by atoms with Crippen molar-refractivity contribution in [2.24, 2.45) is 0 Å². The molecule has 0 heterocycles. The van der Waals surface area contributed by atoms with Crippen LogP contribution in [0.1, 0.15) is 1.43 Å². The van der Waals surface area contributed by atoms with E-state index in [-0.39, 0.29) is 52.8 Å². The van der Waals surface area contributed by atoms with Crippen LogP contribution < -0.4 is 51.4 Å². The molecule has 4 heteroatoms. The van der Waals surface area contributed by atoms with Crippen molar-refractivity contribution >= 4 is 11.1 Å². The molecule has 0 radical (unpaired) electrons. The van der Waals surface area contributed by atoms with E-state index in [1.54, 1.807) is 0 Å². The third-order valence-electron chi connectivity index (χ3n) is 0. The van der Waals surface area contributed by atoms with Crippen molar-refractivity contribution in [2.45, 2.75) is 0 Å². The Labute approximate surface area is 77.5 Å². The topological polar surface area (TPSA) is 40.1 Å². The zero-order chi connectivity index (χ0) is 3.58. The van der Waals surface area contributed by atoms with Gasteiger partial charge in [0, 0.05) is 0 Å². The molecule has 0 bridgehead atoms. The van der Waals surface area contributed by atoms with Crippen LogP contribution >= 0.6 is 0 Å². The van der Waals surface area contributed by atoms with Gasteiger partial charge >= 0.3 is 51.4 Å². The van der Waals surface area contributed by atoms with E-state index in [0.29, 0.717) is 0 Å². The Kier molecular flexibility index (Phi) is 11.4. The van der Waals surface area contributed by atoms with Crippen molar-refractivity contribution in [3.8, 4) is 0 Å². The predicted molar refractivity (Wildman–Crippen MR) is 16.0 cm³/mol. The van der Waals surface area contributed by atoms with Gasteiger partial charge in [-0.15, -0.1) is 0 Å². The van der Waals surface area contributed by atoms with E-state index in [1.165, 1.54) is 0 Å². The third-order valence-corrected chi connectivity index (χ3v) is 0. The first-order chi connectivity index (χ1) is 1.73. The fraction of sp³-hybridized carbons (Fsp3) is 1.00. The van der Waals surface area contributed by atoms with Crippen LogP contribution in [0.25, 0.3) is 0 Å². The Morgan fingerprint density at radius 2 is 2.00 bits per heavy atom. The number of hydrogen-bond donors (Lipinski definition) is 0. The predicted octanol–water partition coefficient (Wildman–Crippen LogP) is -3.39. The summed E-state index contributed by atoms with van der Waals surface area (Å²) in [7, 11) is 0. The van der Waals surface area contributed by atoms with E-state index >= 15 is 0 Å². The molecule has 5 heavy (non-hydrogen) atoms. The summed E-state index contributed by atoms with van der Waals surface area (Å²) in [5.41, 5.74) is 0. The number of hydrogen-bond acceptors (Lipinski definition) is 2. The summed E-state index contributed by atoms with van der Waals surface area (Å²) in [4.78, 5) is 0. The van der Waals surface area contributed by atoms with E-state index in [4.69, 9.17) is 8.76 Å². The molecule has 0 aromatic heterocycles. The van der Waals surface area contributed by atoms with E-state index in [0.717, 1.165) is 6.26 Å². The second kappa shape index (κ2) is 5.75. The third kappa shape index (κ3) is 26.4. The van der Waals surface area contributed by atoms with Crippen LogP contribution in [0.2, 0.25) is 0 Å². The Balaban J connectivity index is -0.0000000450. The second-order valence-corrected chi connectivity index (χ2v) is 1.20. The van der Waals surface area contributed by atoms with Gasteiger partial charge in [-0.2, -0.15) is 0 Å². The van der Waals surface area contributed by atoms with Gasteiger partial charge in [0.25, 0.3) is 0 Å². The van der Waals surface area contributed by atoms with Crippen LogP contribution in [-0.2, 0) is 11.1 Å². The molecule has 0 fully saturated rings. The molecule has 0 spiro atoms. The fourth-order valence-corrected chi connectivity index (χ4v) is 0. The monoisotopic (exact) mass is 119 g/mol. The molecule has 0 amide bonds. The number of rotatable bonds is 0. The van der Waals surface area contributed by atoms with Crippen molar-refractivity contribution in [1.82, 2.24) is 0 Å². The molecule has 0 saturated carbocycles. The summed E-state index contributed by atoms with van der Waals surface area (Å²) < 4.78 is 18.0. The van der Waals surface area contributed by atoms with Gasteiger partial charge in [0.1, 0.15) is 0 Å². The maximum absolute atomic E-state index is 9.00. The van der Waals surface area contributed by atoms with Gasteiger partial charge in [-0.3, -0.25) is 4.21 Å². The van der Waals surface area contributed by atoms with Crippen LogP contribution in [0.4, 0.5) is 0 Å². The van der Waals surface area contributed by atoms with Crippen LogP contribution in [0.15, 0.2) is 0 Å². The van der Waals surface area contributed by atoms with Crippen LogP contribution in [-0.4, -0.2) is 15.0 Å². The first-order valence-electron chi connectivity index (χ1n) is 0.742. The van der Waals surface area contributed by atoms with E-state index in [2.05, 4.69) is 0 Å². The molecular formula is CH4KO2S-. The van der Waals surface area contributed by atoms with Crippen LogP contribution in [0.5, 0.6) is 0 Å². The quantitative estimate of drug-likeness (QED) is 0.246. The summed E-state index contributed by atoms with van der Waals surface area (Å²) in [6, 6.07) is 0. The van der Waals surface area contributed by atoms with Gasteiger partial charge in [-0.25, -0.2) is 0 Å². The normalized spacial score (nSPS) is 12.4. The Bertz CT molecular complexity index is 36.5. The molecule has 2 nitrogen and oxygen atoms in total. The molecule has 0 aliphatic heterocycles. The Morgan fingerprint density at radius 3 is 2.00 bits per heavy atom. The van der Waals surface area contributed by atoms with Crippen molar-refractivity contribution in [1.29, 1.82) is 0 Å². The summed E-state index contributed by atoms with van der Waals surface area (Å²) in [6.45, 7) is 0. The molecule has 1 unspecified atom stereocenters. The molecule has 28 valence electrons. The molecule has 0 aromatic carbocycles. The summed E-state index contributed by atoms with van der Waals surface area (Å²) >= 11 is -1.86. The molecule has 0 saturated heterocycles. The van der Waals surface area contributed by atoms with Crippen molar-refractivity contribution in [3.63, 3.8) is 0 Å². The van der Waals surface area contributed by atoms with E-state index in [1.807, 2.05) is 0 Å². The van der Waals surface area contributed by atoms with E-state index < -0.39 is 11.1 Å². The first kappa shape index (κ1) is 9.89. The van der Waals surface area contributed by atoms with Gasteiger partial charge in [-0.05, 0) is 6.26 Å². The minimum atomic E-state index is -1.86. The zero-order valence-corrected chi connectivity index (χ0v) is 7.16. The summed E-state index contributed by atoms with van der Waals surface area (Å²) in [5, 5.41) is 0. The molecule has 0 aliphatic rings. The van der Waals surface area contributed by atoms with Gasteiger partial charge < -0.3 is 5.98 Å². The standard InChI is InChI=1S/CH4O2S.K.H/c1-4(2)3;;/h1H3,(H,2,3);;/q;+1;-1/p-1. The smallest absolute Gasteiger partial charge is 1.00 e. The molecule has 0 aliphatic carbocycles. The van der Waals surface area contributed by atoms with Gasteiger partial charge in [0.15, 0.2) is 0 Å². The van der Waals surface area contributed by atoms with Crippen molar-refractivity contribution in [3.05, 3.63) is 0 Å². The fourth-order valence-electron chi connectivity index (χ4n) is 0. The van der Waals surface area contributed by atoms with Gasteiger partial charge in [0.05, 0.1) is 0 Å².